The van der Waals surface area contributed by atoms with Crippen LogP contribution in [-0.2, 0) is 4.79 Å². The van der Waals surface area contributed by atoms with Crippen molar-refractivity contribution in [3.8, 4) is 0 Å². The van der Waals surface area contributed by atoms with Crippen molar-refractivity contribution in [2.75, 3.05) is 32.7 Å². The highest BCUT2D eigenvalue weighted by molar-refractivity contribution is 5.78. The van der Waals surface area contributed by atoms with E-state index in [9.17, 15) is 14.7 Å². The monoisotopic (exact) mass is 299 g/mol. The molecular formula is C15H29N3O3. The van der Waals surface area contributed by atoms with E-state index in [0.717, 1.165) is 13.1 Å². The van der Waals surface area contributed by atoms with E-state index in [0.29, 0.717) is 32.0 Å². The average Bonchev–Trinajstić information content (AvgIpc) is 2.48. The van der Waals surface area contributed by atoms with Gasteiger partial charge in [-0.15, -0.1) is 0 Å². The average molecular weight is 299 g/mol. The van der Waals surface area contributed by atoms with Gasteiger partial charge in [0.2, 0.25) is 0 Å². The molecular weight excluding hydrogens is 270 g/mol. The maximum absolute atomic E-state index is 12.2. The summed E-state index contributed by atoms with van der Waals surface area (Å²) in [6.45, 7) is 11.3. The first-order chi connectivity index (χ1) is 9.86. The summed E-state index contributed by atoms with van der Waals surface area (Å²) in [7, 11) is 0. The Morgan fingerprint density at radius 1 is 1.14 bits per heavy atom. The van der Waals surface area contributed by atoms with Crippen LogP contribution in [0.2, 0.25) is 0 Å². The predicted octanol–water partition coefficient (Wildman–Crippen LogP) is 1.61. The first-order valence-corrected chi connectivity index (χ1v) is 7.86. The molecule has 6 nitrogen and oxygen atoms in total. The third-order valence-corrected chi connectivity index (χ3v) is 4.72. The second kappa shape index (κ2) is 7.64. The van der Waals surface area contributed by atoms with E-state index < -0.39 is 11.4 Å². The lowest BCUT2D eigenvalue weighted by Gasteiger charge is -2.37. The summed E-state index contributed by atoms with van der Waals surface area (Å²) < 4.78 is 0. The fourth-order valence-electron chi connectivity index (χ4n) is 2.68. The Morgan fingerprint density at radius 2 is 1.67 bits per heavy atom. The third-order valence-electron chi connectivity index (χ3n) is 4.72. The maximum atomic E-state index is 12.2. The molecule has 1 saturated heterocycles. The van der Waals surface area contributed by atoms with Crippen LogP contribution in [0.5, 0.6) is 0 Å². The van der Waals surface area contributed by atoms with Crippen LogP contribution in [-0.4, -0.2) is 65.7 Å². The zero-order chi connectivity index (χ0) is 16.0. The molecule has 0 spiro atoms. The number of urea groups is 1. The Bertz CT molecular complexity index is 359. The van der Waals surface area contributed by atoms with Crippen LogP contribution in [0.1, 0.15) is 40.5 Å². The summed E-state index contributed by atoms with van der Waals surface area (Å²) in [5.41, 5.74) is -0.852. The molecule has 0 aromatic carbocycles. The van der Waals surface area contributed by atoms with Gasteiger partial charge in [-0.05, 0) is 26.7 Å². The number of amides is 2. The second-order valence-electron chi connectivity index (χ2n) is 6.07. The van der Waals surface area contributed by atoms with Gasteiger partial charge in [0.1, 0.15) is 0 Å². The summed E-state index contributed by atoms with van der Waals surface area (Å²) in [4.78, 5) is 27.7. The minimum atomic E-state index is -0.852. The number of nitrogens with zero attached hydrogens (tertiary/aromatic N) is 2. The van der Waals surface area contributed by atoms with E-state index in [1.807, 2.05) is 13.8 Å². The van der Waals surface area contributed by atoms with Gasteiger partial charge in [0.25, 0.3) is 0 Å². The molecule has 122 valence electrons. The van der Waals surface area contributed by atoms with Crippen molar-refractivity contribution in [2.24, 2.45) is 5.41 Å². The number of carbonyl (C=O) groups excluding carboxylic acids is 1. The number of hydrogen-bond donors (Lipinski definition) is 2. The van der Waals surface area contributed by atoms with Crippen LogP contribution < -0.4 is 5.32 Å². The van der Waals surface area contributed by atoms with E-state index in [1.54, 1.807) is 4.90 Å². The second-order valence-corrected chi connectivity index (χ2v) is 6.07. The molecule has 6 heteroatoms. The highest BCUT2D eigenvalue weighted by Crippen LogP contribution is 2.25. The summed E-state index contributed by atoms with van der Waals surface area (Å²) in [5, 5.41) is 12.2. The summed E-state index contributed by atoms with van der Waals surface area (Å²) in [5.74, 6) is -0.836. The zero-order valence-electron chi connectivity index (χ0n) is 13.7. The van der Waals surface area contributed by atoms with Crippen LogP contribution in [0.4, 0.5) is 4.79 Å². The summed E-state index contributed by atoms with van der Waals surface area (Å²) in [6, 6.07) is 0.348. The molecule has 0 bridgehead atoms. The van der Waals surface area contributed by atoms with Crippen molar-refractivity contribution >= 4 is 12.0 Å². The van der Waals surface area contributed by atoms with E-state index in [2.05, 4.69) is 24.1 Å². The lowest BCUT2D eigenvalue weighted by molar-refractivity contribution is -0.149. The SMILES string of the molecule is CCC(CC)(CNC(=O)N1CCN(C(C)C)CC1)C(=O)O. The van der Waals surface area contributed by atoms with Gasteiger partial charge in [-0.25, -0.2) is 4.79 Å². The Labute approximate surface area is 127 Å². The number of hydrogen-bond acceptors (Lipinski definition) is 3. The molecule has 0 radical (unpaired) electrons. The van der Waals surface area contributed by atoms with Crippen molar-refractivity contribution in [3.63, 3.8) is 0 Å². The van der Waals surface area contributed by atoms with Crippen LogP contribution >= 0.6 is 0 Å². The zero-order valence-corrected chi connectivity index (χ0v) is 13.7. The standard InChI is InChI=1S/C15H29N3O3/c1-5-15(6-2,13(19)20)11-16-14(21)18-9-7-17(8-10-18)12(3)4/h12H,5-11H2,1-4H3,(H,16,21)(H,19,20). The molecule has 1 heterocycles. The fourth-order valence-corrected chi connectivity index (χ4v) is 2.68. The van der Waals surface area contributed by atoms with Gasteiger partial charge >= 0.3 is 12.0 Å². The molecule has 0 aromatic heterocycles. The molecule has 1 fully saturated rings. The largest absolute Gasteiger partial charge is 0.481 e. The smallest absolute Gasteiger partial charge is 0.317 e. The molecule has 0 unspecified atom stereocenters. The van der Waals surface area contributed by atoms with Crippen molar-refractivity contribution in [2.45, 2.75) is 46.6 Å². The van der Waals surface area contributed by atoms with Gasteiger partial charge in [0.05, 0.1) is 5.41 Å². The molecule has 2 amide bonds. The Kier molecular flexibility index (Phi) is 6.45. The lowest BCUT2D eigenvalue weighted by Crippen LogP contribution is -2.54. The van der Waals surface area contributed by atoms with Gasteiger partial charge in [0, 0.05) is 38.8 Å². The van der Waals surface area contributed by atoms with Crippen molar-refractivity contribution in [1.82, 2.24) is 15.1 Å². The van der Waals surface area contributed by atoms with E-state index in [1.165, 1.54) is 0 Å². The molecule has 1 aliphatic heterocycles. The quantitative estimate of drug-likeness (QED) is 0.781. The molecule has 0 aromatic rings. The van der Waals surface area contributed by atoms with Crippen LogP contribution in [0, 0.1) is 5.41 Å². The summed E-state index contributed by atoms with van der Waals surface area (Å²) in [6.07, 6.45) is 1.03. The highest BCUT2D eigenvalue weighted by Gasteiger charge is 2.35. The Morgan fingerprint density at radius 3 is 2.05 bits per heavy atom. The van der Waals surface area contributed by atoms with Gasteiger partial charge < -0.3 is 15.3 Å². The summed E-state index contributed by atoms with van der Waals surface area (Å²) >= 11 is 0. The lowest BCUT2D eigenvalue weighted by atomic mass is 9.82. The van der Waals surface area contributed by atoms with Crippen LogP contribution in [0.25, 0.3) is 0 Å². The first-order valence-electron chi connectivity index (χ1n) is 7.86. The number of carbonyl (C=O) groups is 2. The molecule has 0 atom stereocenters. The third kappa shape index (κ3) is 4.33. The Balaban J connectivity index is 2.49. The predicted molar refractivity (Wildman–Crippen MR) is 82.3 cm³/mol. The Hall–Kier alpha value is -1.30. The molecule has 0 saturated carbocycles. The number of aliphatic carboxylic acids is 1. The van der Waals surface area contributed by atoms with E-state index in [-0.39, 0.29) is 12.6 Å². The van der Waals surface area contributed by atoms with Crippen molar-refractivity contribution in [1.29, 1.82) is 0 Å². The molecule has 1 rings (SSSR count). The maximum Gasteiger partial charge on any atom is 0.317 e. The fraction of sp³-hybridized carbons (Fsp3) is 0.867. The van der Waals surface area contributed by atoms with E-state index in [4.69, 9.17) is 0 Å². The van der Waals surface area contributed by atoms with Crippen molar-refractivity contribution in [3.05, 3.63) is 0 Å². The highest BCUT2D eigenvalue weighted by atomic mass is 16.4. The van der Waals surface area contributed by atoms with Gasteiger partial charge in [-0.1, -0.05) is 13.8 Å². The number of rotatable bonds is 6. The van der Waals surface area contributed by atoms with Crippen LogP contribution in [0.15, 0.2) is 0 Å². The topological polar surface area (TPSA) is 72.9 Å². The first kappa shape index (κ1) is 17.8. The minimum absolute atomic E-state index is 0.147. The molecule has 0 aliphatic carbocycles. The molecule has 2 N–H and O–H groups in total. The number of piperazine rings is 1. The number of carboxylic acids is 1. The van der Waals surface area contributed by atoms with E-state index >= 15 is 0 Å². The molecule has 1 aliphatic rings. The van der Waals surface area contributed by atoms with Crippen LogP contribution in [0.3, 0.4) is 0 Å². The van der Waals surface area contributed by atoms with Gasteiger partial charge in [-0.2, -0.15) is 0 Å². The number of carboxylic acid groups (broad SMARTS) is 1. The van der Waals surface area contributed by atoms with Gasteiger partial charge in [-0.3, -0.25) is 9.69 Å². The number of nitrogens with one attached hydrogen (secondary N) is 1. The minimum Gasteiger partial charge on any atom is -0.481 e. The van der Waals surface area contributed by atoms with Gasteiger partial charge in [0.15, 0.2) is 0 Å². The molecule has 21 heavy (non-hydrogen) atoms. The van der Waals surface area contributed by atoms with Crippen molar-refractivity contribution < 1.29 is 14.7 Å². The normalized spacial score (nSPS) is 17.1.